The summed E-state index contributed by atoms with van der Waals surface area (Å²) >= 11 is 0. The highest BCUT2D eigenvalue weighted by atomic mass is 28.3. The maximum Gasteiger partial charge on any atom is 0.0561 e. The highest BCUT2D eigenvalue weighted by Crippen LogP contribution is 2.66. The molecule has 0 N–H and O–H groups in total. The van der Waals surface area contributed by atoms with Crippen LogP contribution in [-0.4, -0.2) is 26.1 Å². The van der Waals surface area contributed by atoms with Gasteiger partial charge in [0.25, 0.3) is 0 Å². The Morgan fingerprint density at radius 2 is 0.818 bits per heavy atom. The van der Waals surface area contributed by atoms with Crippen LogP contribution in [0.5, 0.6) is 0 Å². The lowest BCUT2D eigenvalue weighted by atomic mass is 9.49. The third kappa shape index (κ3) is 6.03. The summed E-state index contributed by atoms with van der Waals surface area (Å²) in [6, 6.07) is 42.7. The number of rotatable bonds is 2. The first-order valence-electron chi connectivity index (χ1n) is 16.3. The molecule has 0 spiro atoms. The smallest absolute Gasteiger partial charge is 0.0561 e. The first-order valence-corrected chi connectivity index (χ1v) is 23.1. The molecule has 2 aromatic heterocycles. The average Bonchev–Trinajstić information content (AvgIpc) is 2.98. The lowest BCUT2D eigenvalue weighted by molar-refractivity contribution is 0.228. The maximum absolute atomic E-state index is 4.57. The number of hydrogen-bond donors (Lipinski definition) is 0. The van der Waals surface area contributed by atoms with Gasteiger partial charge in [-0.05, 0) is 70.4 Å². The van der Waals surface area contributed by atoms with Crippen LogP contribution in [0.3, 0.4) is 0 Å². The van der Waals surface area contributed by atoms with E-state index in [-0.39, 0.29) is 0 Å². The van der Waals surface area contributed by atoms with Crippen molar-refractivity contribution in [1.82, 2.24) is 9.97 Å². The van der Waals surface area contributed by atoms with Crippen molar-refractivity contribution in [2.75, 3.05) is 0 Å². The highest BCUT2D eigenvalue weighted by Gasteiger charge is 2.52. The van der Waals surface area contributed by atoms with Crippen molar-refractivity contribution in [3.05, 3.63) is 166 Å². The summed E-state index contributed by atoms with van der Waals surface area (Å²) < 4.78 is 0. The van der Waals surface area contributed by atoms with Gasteiger partial charge in [-0.1, -0.05) is 133 Å². The molecule has 1 fully saturated rings. The second-order valence-corrected chi connectivity index (χ2v) is 25.1. The quantitative estimate of drug-likeness (QED) is 0.187. The van der Waals surface area contributed by atoms with E-state index in [0.717, 1.165) is 0 Å². The number of pyridine rings is 2. The van der Waals surface area contributed by atoms with E-state index < -0.39 is 16.1 Å². The molecular formula is C40H44N2Si2. The third-order valence-electron chi connectivity index (χ3n) is 10.1. The number of fused-ring (bicyclic) bond motifs is 2. The van der Waals surface area contributed by atoms with Gasteiger partial charge < -0.3 is 0 Å². The number of benzene rings is 3. The number of aromatic nitrogens is 2. The SMILES string of the molecule is C[Si]1(C)Cc2ccc(cc2)[C@@H]2[C@H](c3ccc(cc3)C[Si](C)(C)Cc3cccc(c3)C1)[C@@H](c1cccnc1)[C@H]2c1cccnc1. The fraction of sp³-hybridized carbons (Fsp3) is 0.300. The molecule has 4 heteroatoms. The van der Waals surface area contributed by atoms with Gasteiger partial charge in [0, 0.05) is 36.6 Å². The second kappa shape index (κ2) is 11.7. The zero-order chi connectivity index (χ0) is 30.3. The summed E-state index contributed by atoms with van der Waals surface area (Å²) in [6.07, 6.45) is 7.97. The van der Waals surface area contributed by atoms with Crippen LogP contribution in [0.1, 0.15) is 68.2 Å². The monoisotopic (exact) mass is 608 g/mol. The van der Waals surface area contributed by atoms with E-state index in [1.807, 2.05) is 12.4 Å². The average molecular weight is 609 g/mol. The predicted molar refractivity (Wildman–Crippen MR) is 189 cm³/mol. The van der Waals surface area contributed by atoms with Crippen LogP contribution in [-0.2, 0) is 24.2 Å². The zero-order valence-corrected chi connectivity index (χ0v) is 28.6. The van der Waals surface area contributed by atoms with Gasteiger partial charge in [0.05, 0.1) is 16.1 Å². The van der Waals surface area contributed by atoms with E-state index in [9.17, 15) is 0 Å². The van der Waals surface area contributed by atoms with Crippen LogP contribution in [0.15, 0.2) is 122 Å². The van der Waals surface area contributed by atoms with Crippen LogP contribution in [0.4, 0.5) is 0 Å². The summed E-state index contributed by atoms with van der Waals surface area (Å²) in [5, 5.41) is 0. The van der Waals surface area contributed by atoms with Crippen LogP contribution >= 0.6 is 0 Å². The van der Waals surface area contributed by atoms with Crippen molar-refractivity contribution >= 4 is 16.1 Å². The minimum atomic E-state index is -1.50. The molecule has 6 bridgehead atoms. The lowest BCUT2D eigenvalue weighted by Gasteiger charge is -2.53. The Morgan fingerprint density at radius 3 is 1.20 bits per heavy atom. The summed E-state index contributed by atoms with van der Waals surface area (Å²) in [5.41, 5.74) is 11.5. The molecule has 0 amide bonds. The van der Waals surface area contributed by atoms with Crippen molar-refractivity contribution < 1.29 is 0 Å². The van der Waals surface area contributed by atoms with E-state index in [0.29, 0.717) is 23.7 Å². The molecule has 4 atom stereocenters. The third-order valence-corrected chi connectivity index (χ3v) is 15.6. The number of hydrogen-bond acceptors (Lipinski definition) is 2. The molecule has 4 aliphatic rings. The van der Waals surface area contributed by atoms with Crippen LogP contribution in [0.2, 0.25) is 26.2 Å². The highest BCUT2D eigenvalue weighted by molar-refractivity contribution is 6.76. The van der Waals surface area contributed by atoms with E-state index in [4.69, 9.17) is 0 Å². The van der Waals surface area contributed by atoms with Gasteiger partial charge >= 0.3 is 0 Å². The summed E-state index contributed by atoms with van der Waals surface area (Å²) in [6.45, 7) is 10.3. The fourth-order valence-electron chi connectivity index (χ4n) is 8.45. The van der Waals surface area contributed by atoms with Crippen molar-refractivity contribution in [2.24, 2.45) is 0 Å². The van der Waals surface area contributed by atoms with Gasteiger partial charge in [-0.25, -0.2) is 0 Å². The van der Waals surface area contributed by atoms with E-state index in [2.05, 4.69) is 146 Å². The lowest BCUT2D eigenvalue weighted by Crippen LogP contribution is -2.40. The van der Waals surface area contributed by atoms with E-state index >= 15 is 0 Å². The number of nitrogens with zero attached hydrogens (tertiary/aromatic N) is 2. The molecule has 1 saturated carbocycles. The molecule has 0 saturated heterocycles. The Morgan fingerprint density at radius 1 is 0.432 bits per heavy atom. The van der Waals surface area contributed by atoms with E-state index in [1.54, 1.807) is 0 Å². The molecule has 3 aromatic carbocycles. The van der Waals surface area contributed by atoms with Crippen LogP contribution in [0.25, 0.3) is 0 Å². The van der Waals surface area contributed by atoms with Crippen LogP contribution < -0.4 is 0 Å². The summed E-state index contributed by atoms with van der Waals surface area (Å²) in [5.74, 6) is 1.45. The van der Waals surface area contributed by atoms with Gasteiger partial charge in [-0.15, -0.1) is 0 Å². The van der Waals surface area contributed by atoms with Crippen LogP contribution in [0, 0.1) is 0 Å². The molecule has 5 heterocycles. The van der Waals surface area contributed by atoms with Crippen molar-refractivity contribution in [1.29, 1.82) is 0 Å². The first kappa shape index (κ1) is 29.1. The Hall–Kier alpha value is -3.61. The molecule has 2 nitrogen and oxygen atoms in total. The predicted octanol–water partition coefficient (Wildman–Crippen LogP) is 9.38. The minimum Gasteiger partial charge on any atom is -0.264 e. The Balaban J connectivity index is 1.34. The molecule has 0 unspecified atom stereocenters. The Kier molecular flexibility index (Phi) is 7.76. The Labute approximate surface area is 265 Å². The molecule has 5 aromatic rings. The molecule has 222 valence electrons. The second-order valence-electron chi connectivity index (χ2n) is 15.0. The van der Waals surface area contributed by atoms with Gasteiger partial charge in [-0.2, -0.15) is 0 Å². The van der Waals surface area contributed by atoms with Gasteiger partial charge in [-0.3, -0.25) is 9.97 Å². The van der Waals surface area contributed by atoms with Gasteiger partial charge in [0.15, 0.2) is 0 Å². The summed E-state index contributed by atoms with van der Waals surface area (Å²) in [7, 11) is -2.99. The van der Waals surface area contributed by atoms with Crippen molar-refractivity contribution in [3.63, 3.8) is 0 Å². The first-order chi connectivity index (χ1) is 21.2. The topological polar surface area (TPSA) is 25.8 Å². The fourth-order valence-corrected chi connectivity index (χ4v) is 14.0. The maximum atomic E-state index is 4.57. The molecule has 1 aliphatic carbocycles. The zero-order valence-electron chi connectivity index (χ0n) is 26.6. The van der Waals surface area contributed by atoms with Crippen molar-refractivity contribution in [2.45, 2.75) is 74.0 Å². The normalized spacial score (nSPS) is 23.9. The molecule has 44 heavy (non-hydrogen) atoms. The minimum absolute atomic E-state index is 0.348. The molecule has 3 aliphatic heterocycles. The van der Waals surface area contributed by atoms with Gasteiger partial charge in [0.1, 0.15) is 0 Å². The van der Waals surface area contributed by atoms with Crippen molar-refractivity contribution in [3.8, 4) is 0 Å². The van der Waals surface area contributed by atoms with Gasteiger partial charge in [0.2, 0.25) is 0 Å². The summed E-state index contributed by atoms with van der Waals surface area (Å²) in [4.78, 5) is 9.15. The standard InChI is InChI=1S/C40H44N2Si2/c1-43(2)25-29-12-16-33(17-13-29)37-38(40(36-11-7-21-42-24-36)39(37)35-10-6-20-41-23-35)34-18-14-30(15-19-34)26-44(3,4)28-32-9-5-8-31(22-32)27-43/h5-24,37-40H,25-28H2,1-4H3/t37-,38+,39+,40-. The molecule has 0 radical (unpaired) electrons. The Bertz CT molecular complexity index is 1590. The molecule has 9 rings (SSSR count). The molecular weight excluding hydrogens is 565 g/mol. The van der Waals surface area contributed by atoms with E-state index in [1.165, 1.54) is 68.7 Å². The largest absolute Gasteiger partial charge is 0.264 e.